The maximum Gasteiger partial charge on any atom is 0.412 e. The minimum absolute atomic E-state index is 0.114. The summed E-state index contributed by atoms with van der Waals surface area (Å²) in [6.07, 6.45) is 1.46. The number of ether oxygens (including phenoxy) is 2. The van der Waals surface area contributed by atoms with E-state index in [1.807, 2.05) is 52.0 Å². The maximum atomic E-state index is 11.9. The normalized spacial score (nSPS) is 13.1. The summed E-state index contributed by atoms with van der Waals surface area (Å²) >= 11 is 0. The number of nitrogens with zero attached hydrogens (tertiary/aromatic N) is 2. The molecule has 0 bridgehead atoms. The van der Waals surface area contributed by atoms with Crippen LogP contribution in [0.4, 0.5) is 10.5 Å². The second-order valence-electron chi connectivity index (χ2n) is 8.89. The summed E-state index contributed by atoms with van der Waals surface area (Å²) in [5.74, 6) is 0.797. The zero-order chi connectivity index (χ0) is 24.0. The summed E-state index contributed by atoms with van der Waals surface area (Å²) in [6, 6.07) is 7.78. The predicted octanol–water partition coefficient (Wildman–Crippen LogP) is 3.49. The molecule has 0 spiro atoms. The third-order valence-corrected chi connectivity index (χ3v) is 4.40. The number of guanidine groups is 1. The van der Waals surface area contributed by atoms with Crippen LogP contribution in [0.3, 0.4) is 0 Å². The van der Waals surface area contributed by atoms with Gasteiger partial charge in [0, 0.05) is 31.9 Å². The Hall–Kier alpha value is -2.32. The molecule has 3 N–H and O–H groups in total. The number of carbonyl (C=O) groups excluding carboxylic acids is 1. The van der Waals surface area contributed by atoms with E-state index in [1.165, 1.54) is 5.56 Å². The number of carbonyl (C=O) groups is 1. The maximum absolute atomic E-state index is 11.9. The Morgan fingerprint density at radius 2 is 1.81 bits per heavy atom. The van der Waals surface area contributed by atoms with Crippen LogP contribution in [0.1, 0.15) is 46.6 Å². The van der Waals surface area contributed by atoms with E-state index in [9.17, 15) is 4.79 Å². The second kappa shape index (κ2) is 14.7. The topological polar surface area (TPSA) is 87.2 Å². The number of anilines is 1. The molecule has 0 saturated heterocycles. The Balaban J connectivity index is 2.53. The van der Waals surface area contributed by atoms with Crippen LogP contribution in [-0.2, 0) is 15.9 Å². The molecule has 0 fully saturated rings. The standard InChI is InChI=1S/C24H43N5O3/c1-8-25-22(27-18-21(31-9-2)15-17-29(6)7)26-16-14-19-10-12-20(13-11-19)28-23(30)32-24(3,4)5/h10-13,21H,8-9,14-18H2,1-7H3,(H,28,30)(H2,25,26,27). The van der Waals surface area contributed by atoms with E-state index in [0.717, 1.165) is 38.4 Å². The van der Waals surface area contributed by atoms with Gasteiger partial charge >= 0.3 is 6.09 Å². The van der Waals surface area contributed by atoms with Crippen LogP contribution in [0.25, 0.3) is 0 Å². The van der Waals surface area contributed by atoms with Crippen molar-refractivity contribution in [2.24, 2.45) is 4.99 Å². The number of hydrogen-bond acceptors (Lipinski definition) is 5. The van der Waals surface area contributed by atoms with E-state index >= 15 is 0 Å². The third kappa shape index (κ3) is 13.2. The van der Waals surface area contributed by atoms with E-state index in [1.54, 1.807) is 0 Å². The quantitative estimate of drug-likeness (QED) is 0.334. The Morgan fingerprint density at radius 1 is 1.12 bits per heavy atom. The number of aliphatic imine (C=N–C) groups is 1. The van der Waals surface area contributed by atoms with E-state index in [2.05, 4.69) is 41.9 Å². The predicted molar refractivity (Wildman–Crippen MR) is 133 cm³/mol. The summed E-state index contributed by atoms with van der Waals surface area (Å²) in [5, 5.41) is 9.43. The van der Waals surface area contributed by atoms with Crippen molar-refractivity contribution in [2.45, 2.75) is 59.2 Å². The fourth-order valence-corrected chi connectivity index (χ4v) is 2.90. The summed E-state index contributed by atoms with van der Waals surface area (Å²) in [6.45, 7) is 13.4. The Labute approximate surface area is 194 Å². The molecule has 0 aromatic heterocycles. The average molecular weight is 450 g/mol. The molecule has 1 atom stereocenters. The number of hydrogen-bond donors (Lipinski definition) is 3. The molecule has 1 aromatic rings. The lowest BCUT2D eigenvalue weighted by molar-refractivity contribution is 0.0582. The molecular formula is C24H43N5O3. The molecule has 1 aromatic carbocycles. The van der Waals surface area contributed by atoms with E-state index < -0.39 is 11.7 Å². The summed E-state index contributed by atoms with van der Waals surface area (Å²) in [4.78, 5) is 18.7. The van der Waals surface area contributed by atoms with Crippen molar-refractivity contribution in [3.63, 3.8) is 0 Å². The van der Waals surface area contributed by atoms with Gasteiger partial charge in [-0.3, -0.25) is 10.3 Å². The molecule has 0 radical (unpaired) electrons. The first-order chi connectivity index (χ1) is 15.1. The largest absolute Gasteiger partial charge is 0.444 e. The lowest BCUT2D eigenvalue weighted by atomic mass is 10.1. The van der Waals surface area contributed by atoms with Gasteiger partial charge in [-0.05, 0) is 79.3 Å². The highest BCUT2D eigenvalue weighted by Gasteiger charge is 2.16. The molecule has 1 rings (SSSR count). The average Bonchev–Trinajstić information content (AvgIpc) is 2.69. The van der Waals surface area contributed by atoms with Crippen molar-refractivity contribution < 1.29 is 14.3 Å². The Kier molecular flexibility index (Phi) is 12.7. The molecule has 1 unspecified atom stereocenters. The summed E-state index contributed by atoms with van der Waals surface area (Å²) in [5.41, 5.74) is 1.36. The molecule has 32 heavy (non-hydrogen) atoms. The van der Waals surface area contributed by atoms with E-state index in [0.29, 0.717) is 18.8 Å². The number of benzene rings is 1. The van der Waals surface area contributed by atoms with Crippen molar-refractivity contribution in [1.29, 1.82) is 0 Å². The van der Waals surface area contributed by atoms with Crippen LogP contribution >= 0.6 is 0 Å². The van der Waals surface area contributed by atoms with E-state index in [-0.39, 0.29) is 6.10 Å². The third-order valence-electron chi connectivity index (χ3n) is 4.40. The lowest BCUT2D eigenvalue weighted by Crippen LogP contribution is -2.39. The van der Waals surface area contributed by atoms with Crippen LogP contribution in [0, 0.1) is 0 Å². The number of amides is 1. The van der Waals surface area contributed by atoms with Gasteiger partial charge in [-0.1, -0.05) is 12.1 Å². The highest BCUT2D eigenvalue weighted by atomic mass is 16.6. The van der Waals surface area contributed by atoms with Crippen LogP contribution in [0.15, 0.2) is 29.3 Å². The van der Waals surface area contributed by atoms with Gasteiger partial charge in [-0.2, -0.15) is 0 Å². The highest BCUT2D eigenvalue weighted by Crippen LogP contribution is 2.13. The van der Waals surface area contributed by atoms with Gasteiger partial charge in [0.25, 0.3) is 0 Å². The van der Waals surface area contributed by atoms with Crippen LogP contribution < -0.4 is 16.0 Å². The van der Waals surface area contributed by atoms with Crippen molar-refractivity contribution in [2.75, 3.05) is 52.2 Å². The molecule has 8 heteroatoms. The molecule has 8 nitrogen and oxygen atoms in total. The molecule has 0 aliphatic heterocycles. The molecule has 1 amide bonds. The first kappa shape index (κ1) is 27.7. The van der Waals surface area contributed by atoms with Gasteiger partial charge in [0.15, 0.2) is 5.96 Å². The zero-order valence-electron chi connectivity index (χ0n) is 21.0. The van der Waals surface area contributed by atoms with Crippen molar-refractivity contribution in [1.82, 2.24) is 15.5 Å². The summed E-state index contributed by atoms with van der Waals surface area (Å²) in [7, 11) is 4.13. The number of rotatable bonds is 12. The van der Waals surface area contributed by atoms with Crippen molar-refractivity contribution in [3.05, 3.63) is 29.8 Å². The summed E-state index contributed by atoms with van der Waals surface area (Å²) < 4.78 is 11.1. The zero-order valence-corrected chi connectivity index (χ0v) is 21.0. The minimum atomic E-state index is -0.517. The van der Waals surface area contributed by atoms with Crippen molar-refractivity contribution >= 4 is 17.7 Å². The number of nitrogens with one attached hydrogen (secondary N) is 3. The lowest BCUT2D eigenvalue weighted by Gasteiger charge is -2.19. The van der Waals surface area contributed by atoms with Gasteiger partial charge in [0.05, 0.1) is 12.6 Å². The van der Waals surface area contributed by atoms with Gasteiger partial charge in [0.1, 0.15) is 5.60 Å². The molecule has 0 heterocycles. The SMILES string of the molecule is CCNC(=NCC(CCN(C)C)OCC)NCCc1ccc(NC(=O)OC(C)(C)C)cc1. The monoisotopic (exact) mass is 449 g/mol. The first-order valence-corrected chi connectivity index (χ1v) is 11.5. The van der Waals surface area contributed by atoms with Gasteiger partial charge in [-0.15, -0.1) is 0 Å². The van der Waals surface area contributed by atoms with Gasteiger partial charge in [-0.25, -0.2) is 4.79 Å². The van der Waals surface area contributed by atoms with Crippen LogP contribution in [0.2, 0.25) is 0 Å². The molecular weight excluding hydrogens is 406 g/mol. The fourth-order valence-electron chi connectivity index (χ4n) is 2.90. The molecule has 182 valence electrons. The fraction of sp³-hybridized carbons (Fsp3) is 0.667. The molecule has 0 aliphatic carbocycles. The molecule has 0 aliphatic rings. The second-order valence-corrected chi connectivity index (χ2v) is 8.89. The molecule has 0 saturated carbocycles. The Bertz CT molecular complexity index is 684. The smallest absolute Gasteiger partial charge is 0.412 e. The highest BCUT2D eigenvalue weighted by molar-refractivity contribution is 5.84. The van der Waals surface area contributed by atoms with Gasteiger partial charge < -0.3 is 25.0 Å². The minimum Gasteiger partial charge on any atom is -0.444 e. The van der Waals surface area contributed by atoms with Crippen LogP contribution in [-0.4, -0.2) is 75.5 Å². The van der Waals surface area contributed by atoms with Crippen molar-refractivity contribution in [3.8, 4) is 0 Å². The van der Waals surface area contributed by atoms with Crippen LogP contribution in [0.5, 0.6) is 0 Å². The Morgan fingerprint density at radius 3 is 2.38 bits per heavy atom. The van der Waals surface area contributed by atoms with E-state index in [4.69, 9.17) is 14.5 Å². The van der Waals surface area contributed by atoms with Gasteiger partial charge in [0.2, 0.25) is 0 Å². The first-order valence-electron chi connectivity index (χ1n) is 11.5.